The molecule has 1 saturated heterocycles. The Balaban J connectivity index is 1.15. The molecule has 0 unspecified atom stereocenters. The smallest absolute Gasteiger partial charge is 0.338 e. The van der Waals surface area contributed by atoms with Crippen molar-refractivity contribution in [2.24, 2.45) is 23.7 Å². The van der Waals surface area contributed by atoms with Crippen LogP contribution in [0.5, 0.6) is 0 Å². The Kier molecular flexibility index (Phi) is 5.68. The lowest BCUT2D eigenvalue weighted by Crippen LogP contribution is -2.43. The van der Waals surface area contributed by atoms with Crippen molar-refractivity contribution < 1.29 is 28.7 Å². The molecule has 0 aromatic heterocycles. The molecule has 1 saturated carbocycles. The van der Waals surface area contributed by atoms with E-state index in [1.54, 1.807) is 30.3 Å². The molecule has 2 aromatic rings. The van der Waals surface area contributed by atoms with E-state index >= 15 is 0 Å². The second-order valence-electron chi connectivity index (χ2n) is 8.97. The number of carbonyl (C=O) groups excluding carboxylic acids is 5. The summed E-state index contributed by atoms with van der Waals surface area (Å²) in [4.78, 5) is 63.4. The van der Waals surface area contributed by atoms with Crippen LogP contribution in [-0.4, -0.2) is 36.2 Å². The van der Waals surface area contributed by atoms with Crippen molar-refractivity contribution in [3.63, 3.8) is 0 Å². The predicted octanol–water partition coefficient (Wildman–Crippen LogP) is 2.01. The number of nitrogens with one attached hydrogen (secondary N) is 2. The van der Waals surface area contributed by atoms with Crippen molar-refractivity contribution in [2.45, 2.75) is 13.3 Å². The summed E-state index contributed by atoms with van der Waals surface area (Å²) in [6, 6.07) is 14.2. The highest BCUT2D eigenvalue weighted by molar-refractivity contribution is 6.23. The van der Waals surface area contributed by atoms with E-state index in [0.717, 1.165) is 6.42 Å². The normalized spacial score (nSPS) is 24.1. The maximum absolute atomic E-state index is 13.0. The van der Waals surface area contributed by atoms with Crippen LogP contribution >= 0.6 is 0 Å². The fraction of sp³-hybridized carbons (Fsp3) is 0.269. The Morgan fingerprint density at radius 1 is 0.914 bits per heavy atom. The van der Waals surface area contributed by atoms with Crippen molar-refractivity contribution in [1.29, 1.82) is 0 Å². The van der Waals surface area contributed by atoms with Crippen LogP contribution in [0.2, 0.25) is 0 Å². The molecule has 1 heterocycles. The summed E-state index contributed by atoms with van der Waals surface area (Å²) in [5.41, 5.74) is 6.52. The number of nitrogens with zero attached hydrogens (tertiary/aromatic N) is 1. The highest BCUT2D eigenvalue weighted by Gasteiger charge is 2.60. The first-order valence-electron chi connectivity index (χ1n) is 11.3. The first kappa shape index (κ1) is 22.5. The minimum atomic E-state index is -0.755. The van der Waals surface area contributed by atoms with Gasteiger partial charge in [-0.15, -0.1) is 0 Å². The molecule has 2 aliphatic carbocycles. The Labute approximate surface area is 201 Å². The third kappa shape index (κ3) is 3.99. The molecule has 4 atom stereocenters. The van der Waals surface area contributed by atoms with Crippen molar-refractivity contribution in [2.75, 3.05) is 11.5 Å². The van der Waals surface area contributed by atoms with Gasteiger partial charge in [0.05, 0.1) is 23.1 Å². The Morgan fingerprint density at radius 2 is 1.60 bits per heavy atom. The number of esters is 1. The van der Waals surface area contributed by atoms with Crippen LogP contribution in [0, 0.1) is 23.7 Å². The summed E-state index contributed by atoms with van der Waals surface area (Å²) in [6.45, 7) is 1.41. The van der Waals surface area contributed by atoms with Gasteiger partial charge in [-0.25, -0.2) is 4.79 Å². The molecular weight excluding hydrogens is 450 g/mol. The van der Waals surface area contributed by atoms with Crippen LogP contribution in [-0.2, 0) is 19.1 Å². The molecule has 0 spiro atoms. The summed E-state index contributed by atoms with van der Waals surface area (Å²) in [5, 5.41) is 0. The number of allylic oxidation sites excluding steroid dienone is 2. The Hall–Kier alpha value is -4.27. The first-order chi connectivity index (χ1) is 16.8. The van der Waals surface area contributed by atoms with Crippen LogP contribution < -0.4 is 15.8 Å². The summed E-state index contributed by atoms with van der Waals surface area (Å²) < 4.78 is 4.99. The van der Waals surface area contributed by atoms with E-state index in [0.29, 0.717) is 11.3 Å². The lowest BCUT2D eigenvalue weighted by molar-refractivity contribution is -0.125. The number of hydrogen-bond donors (Lipinski definition) is 2. The number of fused-ring (bicyclic) bond motifs is 5. The molecular formula is C26H23N3O6. The summed E-state index contributed by atoms with van der Waals surface area (Å²) >= 11 is 0. The molecule has 5 rings (SSSR count). The fourth-order valence-electron chi connectivity index (χ4n) is 5.31. The molecule has 2 N–H and O–H groups in total. The monoisotopic (exact) mass is 473 g/mol. The highest BCUT2D eigenvalue weighted by Crippen LogP contribution is 2.55. The van der Waals surface area contributed by atoms with Crippen LogP contribution in [0.15, 0.2) is 66.2 Å². The van der Waals surface area contributed by atoms with Crippen LogP contribution in [0.1, 0.15) is 34.1 Å². The van der Waals surface area contributed by atoms with E-state index in [4.69, 9.17) is 4.74 Å². The third-order valence-electron chi connectivity index (χ3n) is 6.93. The molecule has 35 heavy (non-hydrogen) atoms. The molecule has 2 fully saturated rings. The average molecular weight is 473 g/mol. The van der Waals surface area contributed by atoms with Gasteiger partial charge in [-0.3, -0.25) is 34.9 Å². The topological polar surface area (TPSA) is 122 Å². The number of amides is 4. The number of hydrazine groups is 1. The second-order valence-corrected chi connectivity index (χ2v) is 8.97. The van der Waals surface area contributed by atoms with Crippen molar-refractivity contribution in [3.8, 4) is 0 Å². The maximum Gasteiger partial charge on any atom is 0.338 e. The fourth-order valence-corrected chi connectivity index (χ4v) is 5.31. The van der Waals surface area contributed by atoms with E-state index in [-0.39, 0.29) is 41.0 Å². The van der Waals surface area contributed by atoms with Gasteiger partial charge in [-0.05, 0) is 61.6 Å². The minimum Gasteiger partial charge on any atom is -0.452 e. The highest BCUT2D eigenvalue weighted by atomic mass is 16.5. The minimum absolute atomic E-state index is 0.115. The number of ether oxygens (including phenoxy) is 1. The Bertz CT molecular complexity index is 1250. The zero-order valence-corrected chi connectivity index (χ0v) is 18.9. The zero-order chi connectivity index (χ0) is 24.7. The third-order valence-corrected chi connectivity index (χ3v) is 6.93. The van der Waals surface area contributed by atoms with Crippen molar-refractivity contribution >= 4 is 35.3 Å². The number of anilines is 1. The number of benzene rings is 2. The second kappa shape index (κ2) is 8.83. The molecule has 4 amide bonds. The molecule has 2 aromatic carbocycles. The first-order valence-corrected chi connectivity index (χ1v) is 11.3. The summed E-state index contributed by atoms with van der Waals surface area (Å²) in [7, 11) is 0. The standard InChI is InChI=1S/C26H23N3O6/c1-14-11-17-12-19(14)22-21(17)24(32)29(25(22)33)18-9-7-16(8-10-18)26(34)35-13-20(30)27-28-23(31)15-5-3-2-4-6-15/h2-11,17,19,21-22H,12-13H2,1H3,(H,27,30)(H,28,31)/t17-,19+,21-,22-/m0/s1. The van der Waals surface area contributed by atoms with E-state index in [1.807, 2.05) is 6.92 Å². The SMILES string of the molecule is CC1=C[C@H]2C[C@H]1[C@@H]1C(=O)N(c3ccc(C(=O)OCC(=O)NNC(=O)c4ccccc4)cc3)C(=O)[C@H]12. The van der Waals surface area contributed by atoms with Gasteiger partial charge >= 0.3 is 5.97 Å². The predicted molar refractivity (Wildman–Crippen MR) is 124 cm³/mol. The lowest BCUT2D eigenvalue weighted by Gasteiger charge is -2.19. The summed E-state index contributed by atoms with van der Waals surface area (Å²) in [5.74, 6) is -2.72. The number of rotatable bonds is 5. The van der Waals surface area contributed by atoms with Gasteiger partial charge in [0, 0.05) is 5.56 Å². The van der Waals surface area contributed by atoms with Crippen LogP contribution in [0.4, 0.5) is 5.69 Å². The molecule has 3 aliphatic rings. The summed E-state index contributed by atoms with van der Waals surface area (Å²) in [6.07, 6.45) is 2.98. The molecule has 2 bridgehead atoms. The van der Waals surface area contributed by atoms with Gasteiger partial charge in [-0.2, -0.15) is 0 Å². The van der Waals surface area contributed by atoms with Crippen LogP contribution in [0.25, 0.3) is 0 Å². The largest absolute Gasteiger partial charge is 0.452 e. The van der Waals surface area contributed by atoms with Crippen molar-refractivity contribution in [3.05, 3.63) is 77.4 Å². The molecule has 178 valence electrons. The van der Waals surface area contributed by atoms with Crippen LogP contribution in [0.3, 0.4) is 0 Å². The number of carbonyl (C=O) groups is 5. The van der Waals surface area contributed by atoms with Gasteiger partial charge in [-0.1, -0.05) is 29.8 Å². The molecule has 0 radical (unpaired) electrons. The average Bonchev–Trinajstić information content (AvgIpc) is 3.51. The molecule has 9 heteroatoms. The number of imide groups is 1. The van der Waals surface area contributed by atoms with Gasteiger partial charge < -0.3 is 4.74 Å². The van der Waals surface area contributed by atoms with E-state index in [2.05, 4.69) is 16.9 Å². The lowest BCUT2D eigenvalue weighted by atomic mass is 9.82. The number of hydrogen-bond acceptors (Lipinski definition) is 6. The van der Waals surface area contributed by atoms with Gasteiger partial charge in [0.15, 0.2) is 6.61 Å². The quantitative estimate of drug-likeness (QED) is 0.297. The zero-order valence-electron chi connectivity index (χ0n) is 18.9. The van der Waals surface area contributed by atoms with E-state index in [1.165, 1.54) is 34.7 Å². The van der Waals surface area contributed by atoms with Gasteiger partial charge in [0.25, 0.3) is 11.8 Å². The van der Waals surface area contributed by atoms with Gasteiger partial charge in [0.2, 0.25) is 11.8 Å². The molecule has 9 nitrogen and oxygen atoms in total. The van der Waals surface area contributed by atoms with Gasteiger partial charge in [0.1, 0.15) is 0 Å². The maximum atomic E-state index is 13.0. The Morgan fingerprint density at radius 3 is 2.31 bits per heavy atom. The van der Waals surface area contributed by atoms with E-state index in [9.17, 15) is 24.0 Å². The van der Waals surface area contributed by atoms with E-state index < -0.39 is 24.4 Å². The van der Waals surface area contributed by atoms with Crippen molar-refractivity contribution in [1.82, 2.24) is 10.9 Å². The molecule has 1 aliphatic heterocycles.